The lowest BCUT2D eigenvalue weighted by Gasteiger charge is -2.32. The highest BCUT2D eigenvalue weighted by Gasteiger charge is 2.28. The highest BCUT2D eigenvalue weighted by Crippen LogP contribution is 2.25. The molecule has 0 spiro atoms. The van der Waals surface area contributed by atoms with Crippen LogP contribution in [0.1, 0.15) is 31.0 Å². The second-order valence-corrected chi connectivity index (χ2v) is 4.85. The van der Waals surface area contributed by atoms with E-state index in [1.165, 1.54) is 0 Å². The van der Waals surface area contributed by atoms with Crippen LogP contribution in [0.5, 0.6) is 0 Å². The van der Waals surface area contributed by atoms with Crippen molar-refractivity contribution in [3.8, 4) is 0 Å². The zero-order valence-corrected chi connectivity index (χ0v) is 10.7. The topological polar surface area (TPSA) is 118 Å². The molecule has 0 unspecified atom stereocenters. The van der Waals surface area contributed by atoms with Gasteiger partial charge in [0.2, 0.25) is 11.8 Å². The summed E-state index contributed by atoms with van der Waals surface area (Å²) in [5, 5.41) is 0. The van der Waals surface area contributed by atoms with Crippen LogP contribution in [-0.4, -0.2) is 45.8 Å². The molecule has 2 heterocycles. The zero-order chi connectivity index (χ0) is 13.8. The number of nitrogens with two attached hydrogens (primary N) is 2. The molecule has 0 saturated carbocycles. The van der Waals surface area contributed by atoms with Gasteiger partial charge in [-0.2, -0.15) is 0 Å². The minimum absolute atomic E-state index is 0.100. The Bertz CT molecular complexity index is 437. The maximum absolute atomic E-state index is 12.0. The highest BCUT2D eigenvalue weighted by atomic mass is 16.2. The summed E-state index contributed by atoms with van der Waals surface area (Å²) >= 11 is 0. The van der Waals surface area contributed by atoms with E-state index in [4.69, 9.17) is 11.5 Å². The van der Waals surface area contributed by atoms with Crippen molar-refractivity contribution in [3.63, 3.8) is 0 Å². The third-order valence-corrected chi connectivity index (χ3v) is 3.45. The number of H-pyrrole nitrogens is 1. The molecular formula is C12H19N5O2. The number of nitrogens with one attached hydrogen (secondary N) is 1. The first-order chi connectivity index (χ1) is 9.08. The fraction of sp³-hybridized carbons (Fsp3) is 0.583. The van der Waals surface area contributed by atoms with Gasteiger partial charge in [-0.15, -0.1) is 0 Å². The minimum Gasteiger partial charge on any atom is -0.370 e. The number of rotatable bonds is 4. The number of hydrogen-bond acceptors (Lipinski definition) is 4. The maximum atomic E-state index is 12.0. The quantitative estimate of drug-likeness (QED) is 0.668. The fourth-order valence-electron chi connectivity index (χ4n) is 2.41. The van der Waals surface area contributed by atoms with Gasteiger partial charge in [-0.25, -0.2) is 4.98 Å². The summed E-state index contributed by atoms with van der Waals surface area (Å²) in [5.41, 5.74) is 10.7. The summed E-state index contributed by atoms with van der Waals surface area (Å²) in [6.07, 6.45) is 5.13. The van der Waals surface area contributed by atoms with E-state index in [0.717, 1.165) is 18.7 Å². The number of nitrogens with zero attached hydrogens (tertiary/aromatic N) is 2. The van der Waals surface area contributed by atoms with Crippen LogP contribution in [0.3, 0.4) is 0 Å². The van der Waals surface area contributed by atoms with Crippen LogP contribution in [0.2, 0.25) is 0 Å². The number of amides is 2. The lowest BCUT2D eigenvalue weighted by molar-refractivity contribution is -0.135. The molecule has 19 heavy (non-hydrogen) atoms. The van der Waals surface area contributed by atoms with Crippen molar-refractivity contribution >= 4 is 11.8 Å². The number of imidazole rings is 1. The van der Waals surface area contributed by atoms with Gasteiger partial charge in [-0.05, 0) is 12.8 Å². The van der Waals surface area contributed by atoms with E-state index in [2.05, 4.69) is 9.97 Å². The Morgan fingerprint density at radius 1 is 1.47 bits per heavy atom. The Labute approximate surface area is 111 Å². The first-order valence-corrected chi connectivity index (χ1v) is 6.40. The third-order valence-electron chi connectivity index (χ3n) is 3.45. The fourth-order valence-corrected chi connectivity index (χ4v) is 2.41. The van der Waals surface area contributed by atoms with Crippen LogP contribution >= 0.6 is 0 Å². The maximum Gasteiger partial charge on any atom is 0.240 e. The molecule has 104 valence electrons. The predicted molar refractivity (Wildman–Crippen MR) is 68.9 cm³/mol. The molecule has 1 aliphatic heterocycles. The van der Waals surface area contributed by atoms with Crippen LogP contribution in [0, 0.1) is 0 Å². The molecule has 1 saturated heterocycles. The average Bonchev–Trinajstić information content (AvgIpc) is 2.91. The van der Waals surface area contributed by atoms with Crippen molar-refractivity contribution in [1.82, 2.24) is 14.9 Å². The first-order valence-electron chi connectivity index (χ1n) is 6.40. The van der Waals surface area contributed by atoms with E-state index < -0.39 is 11.9 Å². The number of piperidine rings is 1. The standard InChI is InChI=1S/C12H19N5O2/c13-9(7-10(14)18)12(19)17-5-1-8(2-6-17)11-15-3-4-16-11/h3-4,8-9H,1-2,5-7,13H2,(H2,14,18)(H,15,16)/t9-/m0/s1. The van der Waals surface area contributed by atoms with Crippen LogP contribution in [0.25, 0.3) is 0 Å². The van der Waals surface area contributed by atoms with Gasteiger partial charge in [0.1, 0.15) is 5.82 Å². The van der Waals surface area contributed by atoms with Crippen molar-refractivity contribution in [2.24, 2.45) is 11.5 Å². The Morgan fingerprint density at radius 3 is 2.68 bits per heavy atom. The van der Waals surface area contributed by atoms with E-state index >= 15 is 0 Å². The van der Waals surface area contributed by atoms with Crippen LogP contribution in [-0.2, 0) is 9.59 Å². The van der Waals surface area contributed by atoms with Crippen LogP contribution in [0.15, 0.2) is 12.4 Å². The van der Waals surface area contributed by atoms with Gasteiger partial charge in [0, 0.05) is 31.4 Å². The van der Waals surface area contributed by atoms with E-state index in [0.29, 0.717) is 19.0 Å². The predicted octanol–water partition coefficient (Wildman–Crippen LogP) is -0.682. The van der Waals surface area contributed by atoms with Crippen molar-refractivity contribution in [2.75, 3.05) is 13.1 Å². The molecule has 1 atom stereocenters. The molecular weight excluding hydrogens is 246 g/mol. The van der Waals surface area contributed by atoms with E-state index in [1.54, 1.807) is 17.3 Å². The molecule has 1 fully saturated rings. The second kappa shape index (κ2) is 5.83. The van der Waals surface area contributed by atoms with Gasteiger partial charge in [-0.3, -0.25) is 9.59 Å². The number of aromatic amines is 1. The Hall–Kier alpha value is -1.89. The van der Waals surface area contributed by atoms with E-state index in [1.807, 2.05) is 0 Å². The molecule has 2 amide bonds. The Kier molecular flexibility index (Phi) is 4.16. The summed E-state index contributed by atoms with van der Waals surface area (Å²) in [6.45, 7) is 1.27. The first kappa shape index (κ1) is 13.5. The van der Waals surface area contributed by atoms with Crippen LogP contribution < -0.4 is 11.5 Å². The largest absolute Gasteiger partial charge is 0.370 e. The zero-order valence-electron chi connectivity index (χ0n) is 10.7. The van der Waals surface area contributed by atoms with E-state index in [9.17, 15) is 9.59 Å². The molecule has 5 N–H and O–H groups in total. The minimum atomic E-state index is -0.822. The number of likely N-dealkylation sites (tertiary alicyclic amines) is 1. The second-order valence-electron chi connectivity index (χ2n) is 4.85. The van der Waals surface area contributed by atoms with Crippen molar-refractivity contribution in [1.29, 1.82) is 0 Å². The molecule has 2 rings (SSSR count). The van der Waals surface area contributed by atoms with E-state index in [-0.39, 0.29) is 12.3 Å². The molecule has 0 radical (unpaired) electrons. The smallest absolute Gasteiger partial charge is 0.240 e. The molecule has 7 nitrogen and oxygen atoms in total. The number of carbonyl (C=O) groups excluding carboxylic acids is 2. The van der Waals surface area contributed by atoms with Gasteiger partial charge < -0.3 is 21.4 Å². The summed E-state index contributed by atoms with van der Waals surface area (Å²) in [6, 6.07) is -0.822. The lowest BCUT2D eigenvalue weighted by Crippen LogP contribution is -2.48. The molecule has 7 heteroatoms. The van der Waals surface area contributed by atoms with Gasteiger partial charge in [-0.1, -0.05) is 0 Å². The highest BCUT2D eigenvalue weighted by molar-refractivity contribution is 5.87. The van der Waals surface area contributed by atoms with Gasteiger partial charge in [0.05, 0.1) is 12.5 Å². The number of aromatic nitrogens is 2. The van der Waals surface area contributed by atoms with Gasteiger partial charge >= 0.3 is 0 Å². The SMILES string of the molecule is NC(=O)C[C@H](N)C(=O)N1CCC(c2ncc[nH]2)CC1. The summed E-state index contributed by atoms with van der Waals surface area (Å²) in [7, 11) is 0. The summed E-state index contributed by atoms with van der Waals surface area (Å²) in [4.78, 5) is 31.8. The average molecular weight is 265 g/mol. The summed E-state index contributed by atoms with van der Waals surface area (Å²) in [5.74, 6) is 0.572. The molecule has 0 aromatic carbocycles. The lowest BCUT2D eigenvalue weighted by atomic mass is 9.95. The number of hydrogen-bond donors (Lipinski definition) is 3. The van der Waals surface area contributed by atoms with Crippen molar-refractivity contribution < 1.29 is 9.59 Å². The summed E-state index contributed by atoms with van der Waals surface area (Å²) < 4.78 is 0. The monoisotopic (exact) mass is 265 g/mol. The Morgan fingerprint density at radius 2 is 2.16 bits per heavy atom. The third kappa shape index (κ3) is 3.31. The Balaban J connectivity index is 1.86. The van der Waals surface area contributed by atoms with Gasteiger partial charge in [0.25, 0.3) is 0 Å². The van der Waals surface area contributed by atoms with Crippen molar-refractivity contribution in [2.45, 2.75) is 31.2 Å². The number of carbonyl (C=O) groups is 2. The molecule has 1 aromatic heterocycles. The van der Waals surface area contributed by atoms with Crippen molar-refractivity contribution in [3.05, 3.63) is 18.2 Å². The van der Waals surface area contributed by atoms with Gasteiger partial charge in [0.15, 0.2) is 0 Å². The number of primary amides is 1. The molecule has 1 aromatic rings. The molecule has 1 aliphatic rings. The normalized spacial score (nSPS) is 18.3. The molecule has 0 aliphatic carbocycles. The molecule has 0 bridgehead atoms. The van der Waals surface area contributed by atoms with Crippen LogP contribution in [0.4, 0.5) is 0 Å².